The molecule has 1 aromatic carbocycles. The first-order chi connectivity index (χ1) is 19.5. The van der Waals surface area contributed by atoms with Gasteiger partial charge in [0.1, 0.15) is 12.8 Å². The number of pyridine rings is 1. The number of hydrogen-bond acceptors (Lipinski definition) is 6. The topological polar surface area (TPSA) is 90.7 Å². The van der Waals surface area contributed by atoms with Gasteiger partial charge in [-0.15, -0.1) is 0 Å². The Bertz CT molecular complexity index is 1530. The maximum atomic E-state index is 17.5. The first-order valence-corrected chi connectivity index (χ1v) is 14.7. The van der Waals surface area contributed by atoms with Crippen molar-refractivity contribution < 1.29 is 28.6 Å². The van der Waals surface area contributed by atoms with Gasteiger partial charge in [-0.1, -0.05) is 37.3 Å². The van der Waals surface area contributed by atoms with Gasteiger partial charge in [-0.05, 0) is 73.3 Å². The Morgan fingerprint density at radius 1 is 1.15 bits per heavy atom. The van der Waals surface area contributed by atoms with E-state index in [0.29, 0.717) is 26.1 Å². The van der Waals surface area contributed by atoms with E-state index in [0.717, 1.165) is 16.6 Å². The Kier molecular flexibility index (Phi) is 5.84. The third-order valence-electron chi connectivity index (χ3n) is 11.9. The smallest absolute Gasteiger partial charge is 0.178 e. The summed E-state index contributed by atoms with van der Waals surface area (Å²) >= 11 is 0. The number of Topliss-reactive ketones (excluding diaryl/α,β-unsaturated/α-hetero) is 1. The number of fused-ring (bicyclic) bond motifs is 8. The molecule has 6 nitrogen and oxygen atoms in total. The molecule has 0 amide bonds. The van der Waals surface area contributed by atoms with E-state index in [2.05, 4.69) is 4.90 Å². The van der Waals surface area contributed by atoms with E-state index in [4.69, 9.17) is 4.98 Å². The molecule has 5 aliphatic rings. The SMILES string of the molecule is C[C@]12C=CC(=O)C=C1[C@@H](F)C[C@H]1[C@@H]3C[C@H]4CN(Cc5ccc6ccccc6n5)C[C@]4(C(=O)CO)[C@@]3(C)C[C@H](O)[C@@]12F. The number of para-hydroxylation sites is 1. The quantitative estimate of drug-likeness (QED) is 0.582. The van der Waals surface area contributed by atoms with Crippen molar-refractivity contribution in [3.63, 3.8) is 0 Å². The molecule has 0 bridgehead atoms. The van der Waals surface area contributed by atoms with Gasteiger partial charge in [-0.3, -0.25) is 19.5 Å². The molecule has 41 heavy (non-hydrogen) atoms. The molecule has 1 saturated heterocycles. The number of rotatable bonds is 4. The molecule has 7 rings (SSSR count). The van der Waals surface area contributed by atoms with Crippen molar-refractivity contribution in [3.8, 4) is 0 Å². The van der Waals surface area contributed by atoms with Gasteiger partial charge in [0.15, 0.2) is 17.2 Å². The van der Waals surface area contributed by atoms with Gasteiger partial charge >= 0.3 is 0 Å². The summed E-state index contributed by atoms with van der Waals surface area (Å²) in [5.74, 6) is -2.03. The summed E-state index contributed by atoms with van der Waals surface area (Å²) in [7, 11) is 0. The summed E-state index contributed by atoms with van der Waals surface area (Å²) in [5, 5.41) is 23.0. The number of carbonyl (C=O) groups excluding carboxylic acids is 2. The number of halogens is 2. The van der Waals surface area contributed by atoms with Gasteiger partial charge in [0.05, 0.1) is 22.7 Å². The second kappa shape index (κ2) is 8.85. The van der Waals surface area contributed by atoms with Crippen molar-refractivity contribution >= 4 is 22.5 Å². The van der Waals surface area contributed by atoms with Crippen LogP contribution in [0, 0.1) is 34.0 Å². The standard InChI is InChI=1S/C33H36F2N2O4/c1-30-10-9-22(39)12-25(30)26(34)13-24-23-11-20-15-37(16-21-8-7-19-5-3-4-6-27(19)36-21)18-32(20,29(41)17-38)31(23,2)14-28(40)33(24,30)35/h3-10,12,20,23-24,26,28,38,40H,11,13-18H2,1-2H3/t20-,23-,24-,26-,28-,30-,31-,32-,33-/m0/s1. The third kappa shape index (κ3) is 3.35. The zero-order chi connectivity index (χ0) is 28.9. The maximum absolute atomic E-state index is 17.5. The van der Waals surface area contributed by atoms with Crippen LogP contribution in [0.5, 0.6) is 0 Å². The Labute approximate surface area is 238 Å². The normalized spacial score (nSPS) is 43.3. The molecule has 1 aliphatic heterocycles. The fourth-order valence-electron chi connectivity index (χ4n) is 10.1. The van der Waals surface area contributed by atoms with E-state index < -0.39 is 46.7 Å². The van der Waals surface area contributed by atoms with Crippen LogP contribution >= 0.6 is 0 Å². The van der Waals surface area contributed by atoms with Gasteiger partial charge in [0.25, 0.3) is 0 Å². The summed E-state index contributed by atoms with van der Waals surface area (Å²) in [5.41, 5.74) is -3.60. The highest BCUT2D eigenvalue weighted by atomic mass is 19.1. The fraction of sp³-hybridized carbons (Fsp3) is 0.545. The zero-order valence-corrected chi connectivity index (χ0v) is 23.4. The fourth-order valence-corrected chi connectivity index (χ4v) is 10.1. The van der Waals surface area contributed by atoms with Crippen molar-refractivity contribution in [2.24, 2.45) is 34.0 Å². The minimum atomic E-state index is -2.18. The molecule has 2 N–H and O–H groups in total. The number of ketones is 2. The highest BCUT2D eigenvalue weighted by Crippen LogP contribution is 2.74. The summed E-state index contributed by atoms with van der Waals surface area (Å²) in [6.45, 7) is 4.38. The number of benzene rings is 1. The number of carbonyl (C=O) groups is 2. The van der Waals surface area contributed by atoms with Gasteiger partial charge in [-0.2, -0.15) is 0 Å². The number of likely N-dealkylation sites (tertiary alicyclic amines) is 1. The number of hydrogen-bond donors (Lipinski definition) is 2. The molecule has 2 heterocycles. The minimum Gasteiger partial charge on any atom is -0.390 e. The molecule has 2 aromatic rings. The van der Waals surface area contributed by atoms with E-state index >= 15 is 8.78 Å². The van der Waals surface area contributed by atoms with Gasteiger partial charge in [0.2, 0.25) is 0 Å². The Morgan fingerprint density at radius 2 is 1.93 bits per heavy atom. The molecule has 4 fully saturated rings. The number of alkyl halides is 2. The largest absolute Gasteiger partial charge is 0.390 e. The Morgan fingerprint density at radius 3 is 2.71 bits per heavy atom. The molecule has 0 spiro atoms. The molecular weight excluding hydrogens is 526 g/mol. The monoisotopic (exact) mass is 562 g/mol. The molecule has 4 aliphatic carbocycles. The van der Waals surface area contributed by atoms with Crippen LogP contribution < -0.4 is 0 Å². The molecule has 216 valence electrons. The van der Waals surface area contributed by atoms with Crippen LogP contribution in [0.25, 0.3) is 10.9 Å². The van der Waals surface area contributed by atoms with Crippen LogP contribution in [-0.2, 0) is 16.1 Å². The summed E-state index contributed by atoms with van der Waals surface area (Å²) in [6, 6.07) is 11.9. The van der Waals surface area contributed by atoms with Crippen molar-refractivity contribution in [3.05, 3.63) is 65.9 Å². The average molecular weight is 563 g/mol. The summed E-state index contributed by atoms with van der Waals surface area (Å²) < 4.78 is 33.3. The van der Waals surface area contributed by atoms with E-state index in [1.54, 1.807) is 6.92 Å². The average Bonchev–Trinajstić information content (AvgIpc) is 3.43. The van der Waals surface area contributed by atoms with E-state index in [1.807, 2.05) is 43.3 Å². The zero-order valence-electron chi connectivity index (χ0n) is 23.4. The first-order valence-electron chi connectivity index (χ1n) is 14.7. The maximum Gasteiger partial charge on any atom is 0.178 e. The predicted molar refractivity (Wildman–Crippen MR) is 149 cm³/mol. The molecule has 9 atom stereocenters. The van der Waals surface area contributed by atoms with Gasteiger partial charge < -0.3 is 10.2 Å². The van der Waals surface area contributed by atoms with E-state index in [9.17, 15) is 19.8 Å². The predicted octanol–water partition coefficient (Wildman–Crippen LogP) is 4.14. The number of aliphatic hydroxyl groups is 2. The number of nitrogens with zero attached hydrogens (tertiary/aromatic N) is 2. The molecule has 8 heteroatoms. The second-order valence-electron chi connectivity index (χ2n) is 13.5. The van der Waals surface area contributed by atoms with Crippen LogP contribution in [0.1, 0.15) is 38.8 Å². The van der Waals surface area contributed by atoms with E-state index in [-0.39, 0.29) is 41.8 Å². The first kappa shape index (κ1) is 27.0. The molecule has 1 aromatic heterocycles. The highest BCUT2D eigenvalue weighted by Gasteiger charge is 2.78. The van der Waals surface area contributed by atoms with Crippen molar-refractivity contribution in [2.45, 2.75) is 57.6 Å². The lowest BCUT2D eigenvalue weighted by Gasteiger charge is -2.63. The van der Waals surface area contributed by atoms with Gasteiger partial charge in [0, 0.05) is 36.4 Å². The van der Waals surface area contributed by atoms with Crippen LogP contribution in [0.3, 0.4) is 0 Å². The second-order valence-corrected chi connectivity index (χ2v) is 13.5. The van der Waals surface area contributed by atoms with Crippen molar-refractivity contribution in [2.75, 3.05) is 19.7 Å². The van der Waals surface area contributed by atoms with Crippen LogP contribution in [0.15, 0.2) is 60.2 Å². The molecule has 0 radical (unpaired) electrons. The summed E-state index contributed by atoms with van der Waals surface area (Å²) in [4.78, 5) is 32.9. The van der Waals surface area contributed by atoms with Crippen LogP contribution in [0.4, 0.5) is 8.78 Å². The Hall–Kier alpha value is -2.81. The number of aromatic nitrogens is 1. The van der Waals surface area contributed by atoms with Crippen LogP contribution in [-0.4, -0.2) is 69.3 Å². The van der Waals surface area contributed by atoms with Crippen molar-refractivity contribution in [1.82, 2.24) is 9.88 Å². The highest BCUT2D eigenvalue weighted by molar-refractivity contribution is 6.01. The molecule has 0 unspecified atom stereocenters. The Balaban J connectivity index is 1.25. The minimum absolute atomic E-state index is 0.0244. The lowest BCUT2D eigenvalue weighted by molar-refractivity contribution is -0.212. The molecule has 3 saturated carbocycles. The van der Waals surface area contributed by atoms with Crippen molar-refractivity contribution in [1.29, 1.82) is 0 Å². The third-order valence-corrected chi connectivity index (χ3v) is 11.9. The van der Waals surface area contributed by atoms with Gasteiger partial charge in [-0.25, -0.2) is 8.78 Å². The lowest BCUT2D eigenvalue weighted by atomic mass is 9.43. The molecular formula is C33H36F2N2O4. The number of allylic oxidation sites excluding steroid dienone is 4. The van der Waals surface area contributed by atoms with Crippen LogP contribution in [0.2, 0.25) is 0 Å². The van der Waals surface area contributed by atoms with E-state index in [1.165, 1.54) is 18.2 Å². The summed E-state index contributed by atoms with van der Waals surface area (Å²) in [6.07, 6.45) is 1.33. The number of aliphatic hydroxyl groups excluding tert-OH is 2. The lowest BCUT2D eigenvalue weighted by Crippen LogP contribution is -2.69.